The molecule has 1 saturated heterocycles. The predicted octanol–water partition coefficient (Wildman–Crippen LogP) is 8.14. The minimum atomic E-state index is -0.711. The van der Waals surface area contributed by atoms with Gasteiger partial charge in [0.1, 0.15) is 23.5 Å². The van der Waals surface area contributed by atoms with Gasteiger partial charge in [0.05, 0.1) is 20.1 Å². The van der Waals surface area contributed by atoms with Crippen LogP contribution in [0.5, 0.6) is 17.2 Å². The molecule has 0 N–H and O–H groups in total. The maximum atomic E-state index is 14.3. The first-order valence-corrected chi connectivity index (χ1v) is 18.0. The molecule has 9 nitrogen and oxygen atoms in total. The third kappa shape index (κ3) is 10.5. The first-order valence-electron chi connectivity index (χ1n) is 18.0. The summed E-state index contributed by atoms with van der Waals surface area (Å²) >= 11 is 0. The van der Waals surface area contributed by atoms with Gasteiger partial charge in [-0.25, -0.2) is 9.59 Å². The fourth-order valence-corrected chi connectivity index (χ4v) is 6.66. The lowest BCUT2D eigenvalue weighted by Crippen LogP contribution is -2.50. The topological polar surface area (TPSA) is 101 Å². The molecule has 1 aliphatic rings. The van der Waals surface area contributed by atoms with Crippen molar-refractivity contribution in [2.45, 2.75) is 111 Å². The Labute approximate surface area is 303 Å². The van der Waals surface area contributed by atoms with Crippen LogP contribution < -0.4 is 14.2 Å². The quantitative estimate of drug-likeness (QED) is 0.155. The number of likely N-dealkylation sites (tertiary alicyclic amines) is 1. The Balaban J connectivity index is 1.59. The fourth-order valence-electron chi connectivity index (χ4n) is 6.66. The van der Waals surface area contributed by atoms with Gasteiger partial charge >= 0.3 is 11.9 Å². The van der Waals surface area contributed by atoms with E-state index in [1.165, 1.54) is 11.1 Å². The Bertz CT molecular complexity index is 1680. The van der Waals surface area contributed by atoms with E-state index in [1.807, 2.05) is 38.1 Å². The van der Waals surface area contributed by atoms with Crippen molar-refractivity contribution in [3.63, 3.8) is 0 Å². The van der Waals surface area contributed by atoms with E-state index >= 15 is 0 Å². The standard InChI is InChI=1S/C42H55NO8/c1-10-34(32-23-29(4)39(48-9)37(25-32)47-8)40(45)43-21-12-11-16-35(43)41(46)50-36(20-19-30-18-17-27(2)28(3)22-30)31-14-13-15-33(24-31)49-26-38(44)51-42(5,6)7/h13-15,17-18,22-25,34-36H,10-12,16,19-21,26H2,1-9H3/t34?,35-,36+/m0/s1. The number of carbonyl (C=O) groups excluding carboxylic acids is 3. The van der Waals surface area contributed by atoms with Crippen LogP contribution in [-0.2, 0) is 30.3 Å². The van der Waals surface area contributed by atoms with Crippen molar-refractivity contribution >= 4 is 17.8 Å². The fraction of sp³-hybridized carbons (Fsp3) is 0.500. The molecule has 3 atom stereocenters. The Hall–Kier alpha value is -4.53. The summed E-state index contributed by atoms with van der Waals surface area (Å²) in [6.45, 7) is 13.7. The summed E-state index contributed by atoms with van der Waals surface area (Å²) in [5.74, 6) is 0.210. The molecule has 1 amide bonds. The minimum absolute atomic E-state index is 0.102. The molecule has 0 aliphatic carbocycles. The van der Waals surface area contributed by atoms with E-state index in [0.717, 1.165) is 35.1 Å². The molecule has 9 heteroatoms. The second-order valence-corrected chi connectivity index (χ2v) is 14.4. The number of esters is 2. The number of rotatable bonds is 14. The van der Waals surface area contributed by atoms with E-state index in [2.05, 4.69) is 32.0 Å². The van der Waals surface area contributed by atoms with E-state index in [0.29, 0.717) is 49.5 Å². The van der Waals surface area contributed by atoms with Gasteiger partial charge in [-0.05, 0) is 132 Å². The zero-order valence-corrected chi connectivity index (χ0v) is 31.8. The van der Waals surface area contributed by atoms with Gasteiger partial charge in [0.2, 0.25) is 5.91 Å². The third-order valence-corrected chi connectivity index (χ3v) is 9.39. The van der Waals surface area contributed by atoms with E-state index in [9.17, 15) is 14.4 Å². The van der Waals surface area contributed by atoms with Crippen LogP contribution in [0.4, 0.5) is 0 Å². The Morgan fingerprint density at radius 2 is 1.65 bits per heavy atom. The second-order valence-electron chi connectivity index (χ2n) is 14.4. The van der Waals surface area contributed by atoms with E-state index in [4.69, 9.17) is 23.7 Å². The number of hydrogen-bond acceptors (Lipinski definition) is 8. The highest BCUT2D eigenvalue weighted by molar-refractivity contribution is 5.89. The molecule has 0 bridgehead atoms. The van der Waals surface area contributed by atoms with Crippen molar-refractivity contribution in [2.75, 3.05) is 27.4 Å². The van der Waals surface area contributed by atoms with Crippen molar-refractivity contribution in [2.24, 2.45) is 0 Å². The van der Waals surface area contributed by atoms with Crippen LogP contribution in [-0.4, -0.2) is 61.8 Å². The highest BCUT2D eigenvalue weighted by atomic mass is 16.6. The van der Waals surface area contributed by atoms with E-state index in [-0.39, 0.29) is 12.5 Å². The van der Waals surface area contributed by atoms with Crippen molar-refractivity contribution in [3.05, 3.63) is 88.0 Å². The molecule has 0 saturated carbocycles. The van der Waals surface area contributed by atoms with Gasteiger partial charge in [-0.3, -0.25) is 4.79 Å². The van der Waals surface area contributed by atoms with Crippen molar-refractivity contribution in [3.8, 4) is 17.2 Å². The zero-order chi connectivity index (χ0) is 37.3. The SMILES string of the molecule is CCC(C(=O)N1CCCC[C@H]1C(=O)O[C@H](CCc1ccc(C)c(C)c1)c1cccc(OCC(=O)OC(C)(C)C)c1)c1cc(C)c(OC)c(OC)c1. The molecule has 1 unspecified atom stereocenters. The number of ether oxygens (including phenoxy) is 5. The van der Waals surface area contributed by atoms with Crippen LogP contribution in [0, 0.1) is 20.8 Å². The van der Waals surface area contributed by atoms with Gasteiger partial charge in [0, 0.05) is 6.54 Å². The van der Waals surface area contributed by atoms with Crippen molar-refractivity contribution in [1.82, 2.24) is 4.90 Å². The van der Waals surface area contributed by atoms with Gasteiger partial charge in [-0.1, -0.05) is 43.3 Å². The number of nitrogens with zero attached hydrogens (tertiary/aromatic N) is 1. The summed E-state index contributed by atoms with van der Waals surface area (Å²) < 4.78 is 28.7. The molecule has 1 fully saturated rings. The summed E-state index contributed by atoms with van der Waals surface area (Å²) in [5, 5.41) is 0. The molecular formula is C42H55NO8. The number of methoxy groups -OCH3 is 2. The summed E-state index contributed by atoms with van der Waals surface area (Å²) in [5.41, 5.74) is 5.37. The van der Waals surface area contributed by atoms with Gasteiger partial charge in [0.25, 0.3) is 0 Å². The number of benzene rings is 3. The monoisotopic (exact) mass is 701 g/mol. The zero-order valence-electron chi connectivity index (χ0n) is 31.8. The smallest absolute Gasteiger partial charge is 0.344 e. The largest absolute Gasteiger partial charge is 0.493 e. The minimum Gasteiger partial charge on any atom is -0.493 e. The van der Waals surface area contributed by atoms with Gasteiger partial charge < -0.3 is 28.6 Å². The number of amides is 1. The van der Waals surface area contributed by atoms with Crippen LogP contribution in [0.2, 0.25) is 0 Å². The molecule has 0 aromatic heterocycles. The summed E-state index contributed by atoms with van der Waals surface area (Å²) in [7, 11) is 3.18. The van der Waals surface area contributed by atoms with Crippen LogP contribution in [0.3, 0.4) is 0 Å². The predicted molar refractivity (Wildman–Crippen MR) is 198 cm³/mol. The lowest BCUT2D eigenvalue weighted by molar-refractivity contribution is -0.162. The van der Waals surface area contributed by atoms with Crippen LogP contribution in [0.25, 0.3) is 0 Å². The first-order chi connectivity index (χ1) is 24.2. The molecule has 0 radical (unpaired) electrons. The average Bonchev–Trinajstić information content (AvgIpc) is 3.09. The normalized spacial score (nSPS) is 15.8. The highest BCUT2D eigenvalue weighted by Gasteiger charge is 2.38. The highest BCUT2D eigenvalue weighted by Crippen LogP contribution is 2.37. The Morgan fingerprint density at radius 3 is 2.31 bits per heavy atom. The molecule has 51 heavy (non-hydrogen) atoms. The number of aryl methyl sites for hydroxylation is 4. The Morgan fingerprint density at radius 1 is 0.882 bits per heavy atom. The number of carbonyl (C=O) groups is 3. The van der Waals surface area contributed by atoms with Gasteiger partial charge in [0.15, 0.2) is 18.1 Å². The molecule has 0 spiro atoms. The summed E-state index contributed by atoms with van der Waals surface area (Å²) in [6.07, 6.45) is 3.29. The number of piperidine rings is 1. The molecule has 276 valence electrons. The van der Waals surface area contributed by atoms with E-state index < -0.39 is 35.6 Å². The van der Waals surface area contributed by atoms with Crippen LogP contribution in [0.15, 0.2) is 54.6 Å². The molecule has 1 aliphatic heterocycles. The van der Waals surface area contributed by atoms with Crippen molar-refractivity contribution < 1.29 is 38.1 Å². The van der Waals surface area contributed by atoms with Crippen LogP contribution >= 0.6 is 0 Å². The lowest BCUT2D eigenvalue weighted by Gasteiger charge is -2.37. The second kappa shape index (κ2) is 17.6. The number of hydrogen-bond donors (Lipinski definition) is 0. The van der Waals surface area contributed by atoms with Gasteiger partial charge in [-0.2, -0.15) is 0 Å². The lowest BCUT2D eigenvalue weighted by atomic mass is 9.91. The summed E-state index contributed by atoms with van der Waals surface area (Å²) in [4.78, 5) is 42.5. The Kier molecular flexibility index (Phi) is 13.6. The average molecular weight is 702 g/mol. The van der Waals surface area contributed by atoms with Crippen molar-refractivity contribution in [1.29, 1.82) is 0 Å². The van der Waals surface area contributed by atoms with E-state index in [1.54, 1.807) is 52.0 Å². The molecule has 3 aromatic carbocycles. The molecule has 4 rings (SSSR count). The molecule has 1 heterocycles. The van der Waals surface area contributed by atoms with Gasteiger partial charge in [-0.15, -0.1) is 0 Å². The van der Waals surface area contributed by atoms with Crippen LogP contribution in [0.1, 0.15) is 105 Å². The first kappa shape index (κ1) is 39.3. The maximum absolute atomic E-state index is 14.3. The molecular weight excluding hydrogens is 646 g/mol. The summed E-state index contributed by atoms with van der Waals surface area (Å²) in [6, 6.07) is 16.8. The third-order valence-electron chi connectivity index (χ3n) is 9.39. The maximum Gasteiger partial charge on any atom is 0.344 e. The molecule has 3 aromatic rings.